The van der Waals surface area contributed by atoms with Crippen molar-refractivity contribution in [3.05, 3.63) is 43.5 Å². The van der Waals surface area contributed by atoms with Crippen LogP contribution in [0.1, 0.15) is 12.6 Å². The molecule has 0 spiro atoms. The Hall–Kier alpha value is -2.09. The molecule has 2 heterocycles. The molecule has 0 bridgehead atoms. The zero-order valence-electron chi connectivity index (χ0n) is 9.26. The zero-order chi connectivity index (χ0) is 13.1. The number of hydrogen-bond acceptors (Lipinski definition) is 5. The molecule has 0 radical (unpaired) electrons. The highest BCUT2D eigenvalue weighted by Gasteiger charge is 2.34. The molecule has 1 aromatic rings. The molecular formula is C9H11N5O4. The van der Waals surface area contributed by atoms with Crippen LogP contribution in [0.5, 0.6) is 0 Å². The highest BCUT2D eigenvalue weighted by atomic mass is 16.5. The lowest BCUT2D eigenvalue weighted by atomic mass is 10.2. The van der Waals surface area contributed by atoms with Crippen LogP contribution in [0.3, 0.4) is 0 Å². The van der Waals surface area contributed by atoms with Crippen LogP contribution in [-0.4, -0.2) is 33.4 Å². The topological polar surface area (TPSA) is 133 Å². The van der Waals surface area contributed by atoms with Crippen LogP contribution >= 0.6 is 0 Å². The first-order valence-electron chi connectivity index (χ1n) is 5.27. The van der Waals surface area contributed by atoms with Crippen LogP contribution < -0.4 is 11.2 Å². The average Bonchev–Trinajstić information content (AvgIpc) is 2.68. The highest BCUT2D eigenvalue weighted by molar-refractivity contribution is 4.88. The number of ether oxygens (including phenoxy) is 1. The Morgan fingerprint density at radius 1 is 1.67 bits per heavy atom. The Bertz CT molecular complexity index is 587. The molecule has 0 amide bonds. The van der Waals surface area contributed by atoms with Gasteiger partial charge in [-0.1, -0.05) is 5.11 Å². The predicted molar refractivity (Wildman–Crippen MR) is 59.9 cm³/mol. The minimum Gasteiger partial charge on any atom is -0.390 e. The summed E-state index contributed by atoms with van der Waals surface area (Å²) >= 11 is 0. The van der Waals surface area contributed by atoms with Gasteiger partial charge in [-0.05, 0) is 5.53 Å². The van der Waals surface area contributed by atoms with E-state index in [-0.39, 0.29) is 13.0 Å². The summed E-state index contributed by atoms with van der Waals surface area (Å²) in [5, 5.41) is 13.0. The number of aromatic amines is 1. The van der Waals surface area contributed by atoms with Gasteiger partial charge in [-0.3, -0.25) is 14.3 Å². The van der Waals surface area contributed by atoms with E-state index in [9.17, 15) is 14.7 Å². The normalized spacial score (nSPS) is 26.8. The fraction of sp³-hybridized carbons (Fsp3) is 0.556. The van der Waals surface area contributed by atoms with Gasteiger partial charge in [0.15, 0.2) is 0 Å². The highest BCUT2D eigenvalue weighted by Crippen LogP contribution is 2.27. The summed E-state index contributed by atoms with van der Waals surface area (Å²) in [6.45, 7) is -0.00767. The molecule has 2 rings (SSSR count). The Morgan fingerprint density at radius 3 is 3.11 bits per heavy atom. The van der Waals surface area contributed by atoms with Gasteiger partial charge in [0.2, 0.25) is 0 Å². The van der Waals surface area contributed by atoms with Crippen LogP contribution in [0.4, 0.5) is 0 Å². The number of aromatic nitrogens is 2. The van der Waals surface area contributed by atoms with Gasteiger partial charge < -0.3 is 9.84 Å². The van der Waals surface area contributed by atoms with Crippen molar-refractivity contribution in [3.63, 3.8) is 0 Å². The fourth-order valence-corrected chi connectivity index (χ4v) is 1.82. The van der Waals surface area contributed by atoms with Crippen molar-refractivity contribution in [1.82, 2.24) is 9.55 Å². The maximum Gasteiger partial charge on any atom is 0.330 e. The largest absolute Gasteiger partial charge is 0.390 e. The molecule has 9 heteroatoms. The average molecular weight is 253 g/mol. The standard InChI is InChI=1S/C9H11N5O4/c10-13-11-4-6-5(15)3-8(18-6)14-2-1-7(16)12-9(14)17/h1-2,5-6,8,15H,3-4H2,(H,12,16,17)/t5?,6-,8-/m1/s1. The molecule has 1 aromatic heterocycles. The van der Waals surface area contributed by atoms with Crippen LogP contribution in [0.15, 0.2) is 27.0 Å². The summed E-state index contributed by atoms with van der Waals surface area (Å²) in [5.41, 5.74) is 7.09. The van der Waals surface area contributed by atoms with Gasteiger partial charge in [-0.25, -0.2) is 4.79 Å². The second kappa shape index (κ2) is 5.05. The molecule has 1 unspecified atom stereocenters. The minimum atomic E-state index is -0.820. The van der Waals surface area contributed by atoms with Crippen LogP contribution in [0.2, 0.25) is 0 Å². The molecule has 1 aliphatic rings. The lowest BCUT2D eigenvalue weighted by molar-refractivity contribution is -0.0150. The van der Waals surface area contributed by atoms with Crippen molar-refractivity contribution in [3.8, 4) is 0 Å². The number of hydrogen-bond donors (Lipinski definition) is 2. The van der Waals surface area contributed by atoms with E-state index in [1.807, 2.05) is 0 Å². The summed E-state index contributed by atoms with van der Waals surface area (Å²) in [5.74, 6) is 0. The third-order valence-corrected chi connectivity index (χ3v) is 2.69. The summed E-state index contributed by atoms with van der Waals surface area (Å²) < 4.78 is 6.59. The summed E-state index contributed by atoms with van der Waals surface area (Å²) in [7, 11) is 0. The summed E-state index contributed by atoms with van der Waals surface area (Å²) in [6, 6.07) is 1.19. The quantitative estimate of drug-likeness (QED) is 0.426. The lowest BCUT2D eigenvalue weighted by Crippen LogP contribution is -2.31. The van der Waals surface area contributed by atoms with Crippen LogP contribution in [0.25, 0.3) is 10.4 Å². The van der Waals surface area contributed by atoms with Gasteiger partial charge in [-0.2, -0.15) is 0 Å². The molecule has 18 heavy (non-hydrogen) atoms. The molecule has 1 aliphatic heterocycles. The maximum absolute atomic E-state index is 11.5. The van der Waals surface area contributed by atoms with Gasteiger partial charge in [0, 0.05) is 23.6 Å². The number of aliphatic hydroxyl groups excluding tert-OH is 1. The van der Waals surface area contributed by atoms with Crippen LogP contribution in [-0.2, 0) is 4.74 Å². The maximum atomic E-state index is 11.5. The van der Waals surface area contributed by atoms with Gasteiger partial charge >= 0.3 is 5.69 Å². The van der Waals surface area contributed by atoms with Gasteiger partial charge in [0.25, 0.3) is 5.56 Å². The molecule has 9 nitrogen and oxygen atoms in total. The van der Waals surface area contributed by atoms with Gasteiger partial charge in [0.05, 0.1) is 18.8 Å². The summed E-state index contributed by atoms with van der Waals surface area (Å²) in [6.07, 6.45) is -0.654. The number of azide groups is 1. The summed E-state index contributed by atoms with van der Waals surface area (Å²) in [4.78, 5) is 27.1. The van der Waals surface area contributed by atoms with Crippen molar-refractivity contribution < 1.29 is 9.84 Å². The number of nitrogens with one attached hydrogen (secondary N) is 1. The Kier molecular flexibility index (Phi) is 3.47. The molecule has 96 valence electrons. The molecule has 0 saturated carbocycles. The molecule has 1 fully saturated rings. The van der Waals surface area contributed by atoms with Crippen molar-refractivity contribution in [2.24, 2.45) is 5.11 Å². The number of H-pyrrole nitrogens is 1. The van der Waals surface area contributed by atoms with Gasteiger partial charge in [0.1, 0.15) is 6.23 Å². The zero-order valence-corrected chi connectivity index (χ0v) is 9.26. The van der Waals surface area contributed by atoms with Crippen molar-refractivity contribution >= 4 is 0 Å². The van der Waals surface area contributed by atoms with E-state index >= 15 is 0 Å². The molecule has 1 saturated heterocycles. The smallest absolute Gasteiger partial charge is 0.330 e. The first-order valence-corrected chi connectivity index (χ1v) is 5.27. The van der Waals surface area contributed by atoms with E-state index in [0.29, 0.717) is 0 Å². The lowest BCUT2D eigenvalue weighted by Gasteiger charge is -2.13. The molecule has 3 atom stereocenters. The Labute approximate surface area is 100 Å². The third kappa shape index (κ3) is 2.43. The molecular weight excluding hydrogens is 242 g/mol. The van der Waals surface area contributed by atoms with E-state index in [1.165, 1.54) is 16.8 Å². The molecule has 0 aliphatic carbocycles. The number of aliphatic hydroxyl groups is 1. The first-order chi connectivity index (χ1) is 8.61. The van der Waals surface area contributed by atoms with Crippen molar-refractivity contribution in [1.29, 1.82) is 0 Å². The van der Waals surface area contributed by atoms with E-state index < -0.39 is 29.7 Å². The number of rotatable bonds is 3. The first kappa shape index (κ1) is 12.4. The van der Waals surface area contributed by atoms with E-state index in [0.717, 1.165) is 0 Å². The van der Waals surface area contributed by atoms with E-state index in [1.54, 1.807) is 0 Å². The van der Waals surface area contributed by atoms with Gasteiger partial charge in [-0.15, -0.1) is 0 Å². The second-order valence-electron chi connectivity index (χ2n) is 3.86. The Morgan fingerprint density at radius 2 is 2.44 bits per heavy atom. The van der Waals surface area contributed by atoms with E-state index in [4.69, 9.17) is 10.3 Å². The van der Waals surface area contributed by atoms with Crippen molar-refractivity contribution in [2.45, 2.75) is 24.9 Å². The molecule has 2 N–H and O–H groups in total. The SMILES string of the molecule is [N-]=[N+]=NC[C@H]1O[C@@H](n2ccc(=O)[nH]c2=O)CC1O. The predicted octanol–water partition coefficient (Wildman–Crippen LogP) is -0.505. The number of nitrogens with zero attached hydrogens (tertiary/aromatic N) is 4. The second-order valence-corrected chi connectivity index (χ2v) is 3.86. The van der Waals surface area contributed by atoms with Crippen molar-refractivity contribution in [2.75, 3.05) is 6.54 Å². The Balaban J connectivity index is 2.19. The van der Waals surface area contributed by atoms with E-state index in [2.05, 4.69) is 15.0 Å². The fourth-order valence-electron chi connectivity index (χ4n) is 1.82. The third-order valence-electron chi connectivity index (χ3n) is 2.69. The molecule has 0 aromatic carbocycles. The van der Waals surface area contributed by atoms with Crippen LogP contribution in [0, 0.1) is 0 Å². The minimum absolute atomic E-state index is 0.00767. The monoisotopic (exact) mass is 253 g/mol.